The fourth-order valence-electron chi connectivity index (χ4n) is 2.53. The molecular weight excluding hydrogens is 379 g/mol. The Morgan fingerprint density at radius 3 is 2.77 bits per heavy atom. The average molecular weight is 390 g/mol. The highest BCUT2D eigenvalue weighted by atomic mass is 35.5. The minimum atomic E-state index is -5.01. The van der Waals surface area contributed by atoms with Gasteiger partial charge in [-0.25, -0.2) is 4.79 Å². The predicted octanol–water partition coefficient (Wildman–Crippen LogP) is 3.01. The highest BCUT2D eigenvalue weighted by Crippen LogP contribution is 2.47. The Kier molecular flexibility index (Phi) is 4.53. The topological polar surface area (TPSA) is 93.5 Å². The number of alkyl halides is 3. The van der Waals surface area contributed by atoms with Gasteiger partial charge in [-0.1, -0.05) is 16.8 Å². The summed E-state index contributed by atoms with van der Waals surface area (Å²) in [7, 11) is 0. The summed E-state index contributed by atoms with van der Waals surface area (Å²) < 4.78 is 50.8. The summed E-state index contributed by atoms with van der Waals surface area (Å²) in [6.07, 6.45) is -5.36. The minimum absolute atomic E-state index is 0.0195. The van der Waals surface area contributed by atoms with Crippen LogP contribution >= 0.6 is 11.6 Å². The molecule has 2 aromatic rings. The zero-order valence-electron chi connectivity index (χ0n) is 12.9. The Hall–Kier alpha value is -2.75. The number of hydrogen-bond donors (Lipinski definition) is 2. The van der Waals surface area contributed by atoms with Crippen molar-refractivity contribution in [2.45, 2.75) is 18.2 Å². The summed E-state index contributed by atoms with van der Waals surface area (Å²) in [5, 5.41) is 7.84. The molecule has 2 N–H and O–H groups in total. The Labute approximate surface area is 149 Å². The van der Waals surface area contributed by atoms with Gasteiger partial charge >= 0.3 is 12.3 Å². The third-order valence-corrected chi connectivity index (χ3v) is 3.98. The van der Waals surface area contributed by atoms with E-state index in [1.807, 2.05) is 0 Å². The maximum atomic E-state index is 13.9. The first-order valence-corrected chi connectivity index (χ1v) is 7.62. The molecule has 0 aliphatic carbocycles. The van der Waals surface area contributed by atoms with Crippen LogP contribution in [-0.2, 0) is 21.6 Å². The molecule has 1 aliphatic rings. The van der Waals surface area contributed by atoms with Gasteiger partial charge in [0.1, 0.15) is 6.26 Å². The fourth-order valence-corrected chi connectivity index (χ4v) is 2.70. The lowest BCUT2D eigenvalue weighted by atomic mass is 9.89. The molecule has 1 aromatic carbocycles. The van der Waals surface area contributed by atoms with Gasteiger partial charge in [-0.3, -0.25) is 10.1 Å². The van der Waals surface area contributed by atoms with Crippen molar-refractivity contribution in [3.8, 4) is 0 Å². The first kappa shape index (κ1) is 18.1. The van der Waals surface area contributed by atoms with E-state index in [0.717, 1.165) is 6.07 Å². The number of cyclic esters (lactones) is 1. The quantitative estimate of drug-likeness (QED) is 0.838. The molecule has 0 spiro atoms. The van der Waals surface area contributed by atoms with Crippen molar-refractivity contribution in [2.75, 3.05) is 11.9 Å². The molecule has 0 saturated heterocycles. The number of anilines is 1. The largest absolute Gasteiger partial charge is 0.434 e. The van der Waals surface area contributed by atoms with Gasteiger partial charge in [0.25, 0.3) is 5.60 Å². The van der Waals surface area contributed by atoms with E-state index in [0.29, 0.717) is 0 Å². The van der Waals surface area contributed by atoms with Crippen molar-refractivity contribution < 1.29 is 32.0 Å². The molecule has 26 heavy (non-hydrogen) atoms. The maximum Gasteiger partial charge on any atom is 0.434 e. The first-order chi connectivity index (χ1) is 12.2. The second-order valence-corrected chi connectivity index (χ2v) is 5.91. The number of aromatic nitrogens is 1. The van der Waals surface area contributed by atoms with Crippen LogP contribution in [0.3, 0.4) is 0 Å². The number of nitrogens with zero attached hydrogens (tertiary/aromatic N) is 1. The van der Waals surface area contributed by atoms with Crippen molar-refractivity contribution in [1.29, 1.82) is 0 Å². The normalized spacial score (nSPS) is 19.3. The zero-order valence-corrected chi connectivity index (χ0v) is 13.6. The summed E-state index contributed by atoms with van der Waals surface area (Å²) in [6, 6.07) is 5.00. The maximum absolute atomic E-state index is 13.9. The zero-order chi connectivity index (χ0) is 18.9. The highest BCUT2D eigenvalue weighted by molar-refractivity contribution is 6.30. The molecule has 0 bridgehead atoms. The number of hydrogen-bond acceptors (Lipinski definition) is 5. The molecular formula is C15H11ClF3N3O4. The summed E-state index contributed by atoms with van der Waals surface area (Å²) in [5.41, 5.74) is -3.34. The second kappa shape index (κ2) is 6.52. The van der Waals surface area contributed by atoms with Gasteiger partial charge in [0.2, 0.25) is 5.91 Å². The molecule has 0 radical (unpaired) electrons. The number of nitrogens with one attached hydrogen (secondary N) is 2. The van der Waals surface area contributed by atoms with Crippen molar-refractivity contribution in [3.63, 3.8) is 0 Å². The van der Waals surface area contributed by atoms with E-state index < -0.39 is 35.9 Å². The monoisotopic (exact) mass is 389 g/mol. The molecule has 1 aliphatic heterocycles. The Morgan fingerprint density at radius 1 is 1.35 bits per heavy atom. The Bertz CT molecular complexity index is 841. The van der Waals surface area contributed by atoms with Gasteiger partial charge in [0, 0.05) is 16.7 Å². The van der Waals surface area contributed by atoms with Crippen LogP contribution in [0.15, 0.2) is 35.1 Å². The average Bonchev–Trinajstić information content (AvgIpc) is 3.05. The number of rotatable bonds is 4. The van der Waals surface area contributed by atoms with Gasteiger partial charge in [-0.15, -0.1) is 0 Å². The lowest BCUT2D eigenvalue weighted by Gasteiger charge is -2.39. The summed E-state index contributed by atoms with van der Waals surface area (Å²) >= 11 is 5.81. The fraction of sp³-hybridized carbons (Fsp3) is 0.267. The number of carbonyl (C=O) groups is 2. The van der Waals surface area contributed by atoms with Gasteiger partial charge < -0.3 is 14.6 Å². The minimum Gasteiger partial charge on any atom is -0.426 e. The van der Waals surface area contributed by atoms with Gasteiger partial charge in [-0.05, 0) is 18.2 Å². The van der Waals surface area contributed by atoms with Crippen LogP contribution in [0.1, 0.15) is 11.3 Å². The Balaban J connectivity index is 1.92. The molecule has 1 unspecified atom stereocenters. The third-order valence-electron chi connectivity index (χ3n) is 3.75. The molecule has 0 saturated carbocycles. The number of ether oxygens (including phenoxy) is 1. The molecule has 1 aromatic heterocycles. The Morgan fingerprint density at radius 2 is 2.12 bits per heavy atom. The molecule has 1 atom stereocenters. The van der Waals surface area contributed by atoms with E-state index in [4.69, 9.17) is 11.6 Å². The van der Waals surface area contributed by atoms with Crippen molar-refractivity contribution in [3.05, 3.63) is 46.8 Å². The van der Waals surface area contributed by atoms with Crippen LogP contribution in [-0.4, -0.2) is 29.9 Å². The number of benzene rings is 1. The number of fused-ring (bicyclic) bond motifs is 1. The van der Waals surface area contributed by atoms with Gasteiger partial charge in [0.05, 0.1) is 24.3 Å². The van der Waals surface area contributed by atoms with Crippen LogP contribution in [0, 0.1) is 0 Å². The highest BCUT2D eigenvalue weighted by Gasteiger charge is 2.62. The smallest absolute Gasteiger partial charge is 0.426 e. The van der Waals surface area contributed by atoms with E-state index in [-0.39, 0.29) is 22.8 Å². The van der Waals surface area contributed by atoms with E-state index >= 15 is 0 Å². The van der Waals surface area contributed by atoms with Crippen LogP contribution in [0.2, 0.25) is 5.02 Å². The van der Waals surface area contributed by atoms with Gasteiger partial charge in [0.15, 0.2) is 0 Å². The number of amides is 2. The third kappa shape index (κ3) is 3.32. The molecule has 2 amide bonds. The summed E-state index contributed by atoms with van der Waals surface area (Å²) in [6.45, 7) is -1.02. The van der Waals surface area contributed by atoms with Crippen molar-refractivity contribution in [1.82, 2.24) is 10.5 Å². The van der Waals surface area contributed by atoms with Crippen molar-refractivity contribution >= 4 is 29.3 Å². The van der Waals surface area contributed by atoms with Crippen LogP contribution in [0.4, 0.5) is 23.7 Å². The van der Waals surface area contributed by atoms with E-state index in [9.17, 15) is 22.8 Å². The molecule has 2 heterocycles. The molecule has 7 nitrogen and oxygen atoms in total. The molecule has 11 heteroatoms. The van der Waals surface area contributed by atoms with Gasteiger partial charge in [-0.2, -0.15) is 13.2 Å². The van der Waals surface area contributed by atoms with E-state index in [1.54, 1.807) is 0 Å². The van der Waals surface area contributed by atoms with Crippen LogP contribution < -0.4 is 10.6 Å². The van der Waals surface area contributed by atoms with Crippen LogP contribution in [0.5, 0.6) is 0 Å². The summed E-state index contributed by atoms with van der Waals surface area (Å²) in [5.74, 6) is -0.749. The second-order valence-electron chi connectivity index (χ2n) is 5.47. The molecule has 0 fully saturated rings. The molecule has 3 rings (SSSR count). The lowest BCUT2D eigenvalue weighted by molar-refractivity contribution is -0.262. The SMILES string of the molecule is O=C(Cc1ccon1)NCC1(C(F)(F)F)OC(=O)Nc2ccc(Cl)cc21. The molecule has 138 valence electrons. The van der Waals surface area contributed by atoms with E-state index in [2.05, 4.69) is 25.1 Å². The van der Waals surface area contributed by atoms with Crippen molar-refractivity contribution in [2.24, 2.45) is 0 Å². The number of carbonyl (C=O) groups excluding carboxylic acids is 2. The first-order valence-electron chi connectivity index (χ1n) is 7.24. The standard InChI is InChI=1S/C15H11ClF3N3O4/c16-8-1-2-11-10(5-8)14(15(17,18)19,26-13(24)21-11)7-20-12(23)6-9-3-4-25-22-9/h1-5H,6-7H2,(H,20,23)(H,21,24). The summed E-state index contributed by atoms with van der Waals surface area (Å²) in [4.78, 5) is 23.6. The predicted molar refractivity (Wildman–Crippen MR) is 82.5 cm³/mol. The lowest BCUT2D eigenvalue weighted by Crippen LogP contribution is -2.56. The van der Waals surface area contributed by atoms with Crippen LogP contribution in [0.25, 0.3) is 0 Å². The van der Waals surface area contributed by atoms with E-state index in [1.165, 1.54) is 24.5 Å². The number of halogens is 4.